The third-order valence-electron chi connectivity index (χ3n) is 9.41. The van der Waals surface area contributed by atoms with Gasteiger partial charge < -0.3 is 27.5 Å². The molecule has 5 nitrogen and oxygen atoms in total. The number of hydrogen-bond acceptors (Lipinski definition) is 2. The summed E-state index contributed by atoms with van der Waals surface area (Å²) in [7, 11) is 4.35. The molecule has 48 heavy (non-hydrogen) atoms. The summed E-state index contributed by atoms with van der Waals surface area (Å²) in [5, 5.41) is 6.21. The summed E-state index contributed by atoms with van der Waals surface area (Å²) in [6.45, 7) is 7.69. The minimum atomic E-state index is 0. The Labute approximate surface area is 306 Å². The van der Waals surface area contributed by atoms with Gasteiger partial charge in [0.25, 0.3) is 0 Å². The Morgan fingerprint density at radius 2 is 0.708 bits per heavy atom. The third-order valence-corrected chi connectivity index (χ3v) is 9.41. The highest BCUT2D eigenvalue weighted by Crippen LogP contribution is 2.11. The third kappa shape index (κ3) is 39.1. The lowest BCUT2D eigenvalue weighted by atomic mass is 10.1. The molecule has 284 valence electrons. The van der Waals surface area contributed by atoms with E-state index in [1.54, 1.807) is 0 Å². The number of carbonyl (C=O) groups is 2. The number of rotatable bonds is 36. The number of amides is 2. The number of nitrogens with zero attached hydrogens (tertiary/aromatic N) is 1. The predicted octanol–water partition coefficient (Wildman–Crippen LogP) is 8.37. The average molecular weight is 697 g/mol. The van der Waals surface area contributed by atoms with E-state index in [-0.39, 0.29) is 24.2 Å². The summed E-state index contributed by atoms with van der Waals surface area (Å²) < 4.78 is 0.793. The highest BCUT2D eigenvalue weighted by Gasteiger charge is 2.15. The standard InChI is InChI=1S/C42H81N3O2.ClH/c1-5-7-9-11-13-15-17-19-21-23-25-27-29-31-33-35-41(46)43-37-39-45(3,4)40-38-44-42(47)36-34-32-30-28-26-24-22-20-18-16-14-12-10-8-6-2;/h19-22H,5-18,23-40H2,1-4H3,(H-,43,44,46,47);1H/b21-19-,22-20-;. The van der Waals surface area contributed by atoms with Gasteiger partial charge >= 0.3 is 0 Å². The van der Waals surface area contributed by atoms with E-state index in [1.165, 1.54) is 141 Å². The molecule has 0 bridgehead atoms. The van der Waals surface area contributed by atoms with Gasteiger partial charge in [-0.3, -0.25) is 9.59 Å². The van der Waals surface area contributed by atoms with E-state index in [1.807, 2.05) is 0 Å². The lowest BCUT2D eigenvalue weighted by Crippen LogP contribution is -3.00. The number of unbranched alkanes of at least 4 members (excludes halogenated alkanes) is 22. The summed E-state index contributed by atoms with van der Waals surface area (Å²) in [4.78, 5) is 24.5. The fourth-order valence-electron chi connectivity index (χ4n) is 6.00. The van der Waals surface area contributed by atoms with E-state index in [2.05, 4.69) is 62.9 Å². The number of hydrogen-bond donors (Lipinski definition) is 2. The van der Waals surface area contributed by atoms with Crippen molar-refractivity contribution in [2.45, 2.75) is 194 Å². The van der Waals surface area contributed by atoms with Crippen LogP contribution in [0.3, 0.4) is 0 Å². The summed E-state index contributed by atoms with van der Waals surface area (Å²) in [6, 6.07) is 0. The first-order valence-electron chi connectivity index (χ1n) is 20.6. The second kappa shape index (κ2) is 38.5. The minimum Gasteiger partial charge on any atom is -1.00 e. The number of nitrogens with one attached hydrogen (secondary N) is 2. The van der Waals surface area contributed by atoms with Gasteiger partial charge in [0.15, 0.2) is 0 Å². The molecule has 0 aliphatic heterocycles. The monoisotopic (exact) mass is 696 g/mol. The van der Waals surface area contributed by atoms with Crippen LogP contribution in [0.5, 0.6) is 0 Å². The first-order chi connectivity index (χ1) is 22.9. The molecule has 0 heterocycles. The van der Waals surface area contributed by atoms with Gasteiger partial charge in [-0.05, 0) is 64.2 Å². The van der Waals surface area contributed by atoms with E-state index in [4.69, 9.17) is 0 Å². The van der Waals surface area contributed by atoms with Crippen LogP contribution in [-0.4, -0.2) is 56.6 Å². The number of quaternary nitrogens is 1. The van der Waals surface area contributed by atoms with Gasteiger partial charge in [-0.2, -0.15) is 0 Å². The van der Waals surface area contributed by atoms with Crippen molar-refractivity contribution < 1.29 is 26.5 Å². The lowest BCUT2D eigenvalue weighted by Gasteiger charge is -2.30. The number of allylic oxidation sites excluding steroid dienone is 4. The Balaban J connectivity index is 0. The molecule has 0 unspecified atom stereocenters. The Morgan fingerprint density at radius 1 is 0.438 bits per heavy atom. The Bertz CT molecular complexity index is 693. The summed E-state index contributed by atoms with van der Waals surface area (Å²) >= 11 is 0. The maximum Gasteiger partial charge on any atom is 0.220 e. The van der Waals surface area contributed by atoms with Crippen LogP contribution in [0.25, 0.3) is 0 Å². The number of carbonyl (C=O) groups excluding carboxylic acids is 2. The van der Waals surface area contributed by atoms with E-state index in [0.29, 0.717) is 25.9 Å². The Hall–Kier alpha value is -1.33. The van der Waals surface area contributed by atoms with Crippen molar-refractivity contribution in [3.63, 3.8) is 0 Å². The van der Waals surface area contributed by atoms with Crippen LogP contribution >= 0.6 is 0 Å². The Morgan fingerprint density at radius 3 is 1.02 bits per heavy atom. The second-order valence-electron chi connectivity index (χ2n) is 14.8. The summed E-state index contributed by atoms with van der Waals surface area (Å²) in [6.07, 6.45) is 43.9. The van der Waals surface area contributed by atoms with Crippen molar-refractivity contribution >= 4 is 11.8 Å². The molecule has 0 fully saturated rings. The molecule has 0 aromatic carbocycles. The van der Waals surface area contributed by atoms with Gasteiger partial charge in [0.05, 0.1) is 40.3 Å². The molecule has 0 saturated heterocycles. The molecule has 0 radical (unpaired) electrons. The zero-order valence-electron chi connectivity index (χ0n) is 32.6. The zero-order chi connectivity index (χ0) is 34.5. The molecule has 0 aliphatic rings. The lowest BCUT2D eigenvalue weighted by molar-refractivity contribution is -0.887. The quantitative estimate of drug-likeness (QED) is 0.0393. The fraction of sp³-hybridized carbons (Fsp3) is 0.857. The fourth-order valence-corrected chi connectivity index (χ4v) is 6.00. The minimum absolute atomic E-state index is 0. The van der Waals surface area contributed by atoms with Crippen molar-refractivity contribution in [1.29, 1.82) is 0 Å². The number of likely N-dealkylation sites (N-methyl/N-ethyl adjacent to an activating group) is 1. The maximum absolute atomic E-state index is 12.3. The molecule has 0 aromatic rings. The molecular formula is C42H82ClN3O2. The smallest absolute Gasteiger partial charge is 0.220 e. The van der Waals surface area contributed by atoms with E-state index >= 15 is 0 Å². The first kappa shape index (κ1) is 48.8. The van der Waals surface area contributed by atoms with Crippen molar-refractivity contribution in [3.8, 4) is 0 Å². The van der Waals surface area contributed by atoms with Crippen LogP contribution in [0.15, 0.2) is 24.3 Å². The van der Waals surface area contributed by atoms with Gasteiger partial charge in [0.2, 0.25) is 11.8 Å². The van der Waals surface area contributed by atoms with Crippen LogP contribution in [0, 0.1) is 0 Å². The summed E-state index contributed by atoms with van der Waals surface area (Å²) in [5.41, 5.74) is 0. The molecule has 0 aliphatic carbocycles. The van der Waals surface area contributed by atoms with Crippen molar-refractivity contribution in [2.24, 2.45) is 0 Å². The van der Waals surface area contributed by atoms with E-state index < -0.39 is 0 Å². The van der Waals surface area contributed by atoms with Gasteiger partial charge in [-0.1, -0.05) is 141 Å². The summed E-state index contributed by atoms with van der Waals surface area (Å²) in [5.74, 6) is 0.354. The highest BCUT2D eigenvalue weighted by atomic mass is 35.5. The van der Waals surface area contributed by atoms with Crippen LogP contribution in [0.1, 0.15) is 194 Å². The molecule has 2 N–H and O–H groups in total. The van der Waals surface area contributed by atoms with Crippen LogP contribution in [0.2, 0.25) is 0 Å². The van der Waals surface area contributed by atoms with Crippen molar-refractivity contribution in [3.05, 3.63) is 24.3 Å². The molecular weight excluding hydrogens is 614 g/mol. The van der Waals surface area contributed by atoms with Crippen LogP contribution in [-0.2, 0) is 9.59 Å². The van der Waals surface area contributed by atoms with Crippen LogP contribution < -0.4 is 23.0 Å². The largest absolute Gasteiger partial charge is 1.00 e. The Kier molecular flexibility index (Phi) is 39.1. The van der Waals surface area contributed by atoms with E-state index in [0.717, 1.165) is 43.3 Å². The van der Waals surface area contributed by atoms with Crippen LogP contribution in [0.4, 0.5) is 0 Å². The predicted molar refractivity (Wildman–Crippen MR) is 207 cm³/mol. The van der Waals surface area contributed by atoms with Gasteiger partial charge in [0.1, 0.15) is 0 Å². The van der Waals surface area contributed by atoms with E-state index in [9.17, 15) is 9.59 Å². The molecule has 6 heteroatoms. The maximum atomic E-state index is 12.3. The first-order valence-corrected chi connectivity index (χ1v) is 20.6. The molecule has 0 aromatic heterocycles. The second-order valence-corrected chi connectivity index (χ2v) is 14.8. The SMILES string of the molecule is CCCCCCCC/C=C\CCCCCCCC(=O)NCC[N+](C)(C)CCNC(=O)CCCCCCC/C=C\CCCCCCCC.[Cl-]. The topological polar surface area (TPSA) is 58.2 Å². The van der Waals surface area contributed by atoms with Crippen molar-refractivity contribution in [2.75, 3.05) is 40.3 Å². The molecule has 0 saturated carbocycles. The van der Waals surface area contributed by atoms with Gasteiger partial charge in [-0.15, -0.1) is 0 Å². The van der Waals surface area contributed by atoms with Gasteiger partial charge in [0, 0.05) is 12.8 Å². The normalized spacial score (nSPS) is 11.8. The molecule has 0 spiro atoms. The molecule has 2 amide bonds. The zero-order valence-corrected chi connectivity index (χ0v) is 33.3. The van der Waals surface area contributed by atoms with Crippen molar-refractivity contribution in [1.82, 2.24) is 10.6 Å². The molecule has 0 atom stereocenters. The number of halogens is 1. The highest BCUT2D eigenvalue weighted by molar-refractivity contribution is 5.76. The average Bonchev–Trinajstić information content (AvgIpc) is 3.04. The van der Waals surface area contributed by atoms with Gasteiger partial charge in [-0.25, -0.2) is 0 Å². The molecule has 0 rings (SSSR count).